The molecular formula is C32H46N10. The van der Waals surface area contributed by atoms with Gasteiger partial charge in [0, 0.05) is 47.8 Å². The lowest BCUT2D eigenvalue weighted by Crippen LogP contribution is -2.47. The Bertz CT molecular complexity index is 1440. The number of hydrogen-bond acceptors (Lipinski definition) is 6. The summed E-state index contributed by atoms with van der Waals surface area (Å²) in [6.45, 7) is 12.4. The summed E-state index contributed by atoms with van der Waals surface area (Å²) in [5.41, 5.74) is 9.06. The second kappa shape index (κ2) is 13.1. The van der Waals surface area contributed by atoms with E-state index in [1.165, 1.54) is 22.5 Å². The van der Waals surface area contributed by atoms with Crippen molar-refractivity contribution in [3.8, 4) is 0 Å². The first-order chi connectivity index (χ1) is 19.1. The zero-order valence-corrected chi connectivity index (χ0v) is 26.9. The van der Waals surface area contributed by atoms with Crippen LogP contribution in [0.4, 0.5) is 34.6 Å². The van der Waals surface area contributed by atoms with Gasteiger partial charge in [-0.3, -0.25) is 0 Å². The average Bonchev–Trinajstić information content (AvgIpc) is 3.43. The summed E-state index contributed by atoms with van der Waals surface area (Å²) in [7, 11) is 7.90. The van der Waals surface area contributed by atoms with Crippen molar-refractivity contribution < 1.29 is 9.13 Å². The van der Waals surface area contributed by atoms with Crippen LogP contribution in [-0.2, 0) is 28.2 Å². The Balaban J connectivity index is 0.00000242. The molecule has 0 amide bonds. The lowest BCUT2D eigenvalue weighted by Gasteiger charge is -2.39. The first kappa shape index (κ1) is 32.2. The number of imidazole rings is 2. The van der Waals surface area contributed by atoms with E-state index < -0.39 is 0 Å². The van der Waals surface area contributed by atoms with Gasteiger partial charge < -0.3 is 24.7 Å². The molecule has 0 spiro atoms. The van der Waals surface area contributed by atoms with Gasteiger partial charge in [0.1, 0.15) is 11.4 Å². The van der Waals surface area contributed by atoms with Crippen molar-refractivity contribution in [1.82, 2.24) is 9.13 Å². The normalized spacial score (nSPS) is 13.6. The Hall–Kier alpha value is -4.34. The van der Waals surface area contributed by atoms with Crippen molar-refractivity contribution in [2.24, 2.45) is 48.6 Å². The van der Waals surface area contributed by atoms with Crippen LogP contribution in [0, 0.1) is 42.5 Å². The highest BCUT2D eigenvalue weighted by molar-refractivity contribution is 5.66. The monoisotopic (exact) mass is 570 g/mol. The summed E-state index contributed by atoms with van der Waals surface area (Å²) in [6.07, 6.45) is 7.90. The third-order valence-electron chi connectivity index (χ3n) is 7.77. The molecule has 0 radical (unpaired) electrons. The van der Waals surface area contributed by atoms with E-state index in [0.29, 0.717) is 0 Å². The summed E-state index contributed by atoms with van der Waals surface area (Å²) < 4.78 is 7.85. The Labute approximate surface area is 251 Å². The second-order valence-electron chi connectivity index (χ2n) is 10.9. The molecule has 10 heteroatoms. The number of aryl methyl sites for hydroxylation is 8. The average molecular weight is 571 g/mol. The Morgan fingerprint density at radius 2 is 0.905 bits per heavy atom. The van der Waals surface area contributed by atoms with E-state index in [1.807, 2.05) is 71.2 Å². The van der Waals surface area contributed by atoms with E-state index in [9.17, 15) is 0 Å². The molecule has 224 valence electrons. The minimum atomic E-state index is 0. The molecule has 0 aliphatic carbocycles. The number of nitrogens with zero attached hydrogens (tertiary/aromatic N) is 10. The largest absolute Gasteiger partial charge is 0.421 e. The van der Waals surface area contributed by atoms with Crippen molar-refractivity contribution >= 4 is 34.6 Å². The van der Waals surface area contributed by atoms with E-state index in [1.54, 1.807) is 0 Å². The fourth-order valence-corrected chi connectivity index (χ4v) is 5.30. The van der Waals surface area contributed by atoms with Gasteiger partial charge in [-0.15, -0.1) is 0 Å². The Morgan fingerprint density at radius 1 is 0.548 bits per heavy atom. The van der Waals surface area contributed by atoms with Gasteiger partial charge >= 0.3 is 11.9 Å². The minimum Gasteiger partial charge on any atom is -0.368 e. The fraction of sp³-hybridized carbons (Fsp3) is 0.375. The molecule has 2 aromatic carbocycles. The topological polar surface area (TPSA) is 73.5 Å². The molecule has 0 saturated carbocycles. The van der Waals surface area contributed by atoms with Gasteiger partial charge in [-0.2, -0.15) is 0 Å². The van der Waals surface area contributed by atoms with Crippen molar-refractivity contribution in [2.45, 2.75) is 27.7 Å². The fourth-order valence-electron chi connectivity index (χ4n) is 5.30. The van der Waals surface area contributed by atoms with E-state index in [-0.39, 0.29) is 14.9 Å². The molecular weight excluding hydrogens is 524 g/mol. The van der Waals surface area contributed by atoms with Crippen LogP contribution in [0.25, 0.3) is 0 Å². The van der Waals surface area contributed by atoms with Gasteiger partial charge in [0.15, 0.2) is 0 Å². The van der Waals surface area contributed by atoms with Gasteiger partial charge in [0.2, 0.25) is 0 Å². The Morgan fingerprint density at radius 3 is 1.21 bits per heavy atom. The highest BCUT2D eigenvalue weighted by Crippen LogP contribution is 2.33. The number of azo groups is 2. The molecule has 0 N–H and O–H groups in total. The van der Waals surface area contributed by atoms with Crippen molar-refractivity contribution in [1.29, 1.82) is 0 Å². The van der Waals surface area contributed by atoms with Gasteiger partial charge in [-0.25, -0.2) is 18.3 Å². The zero-order valence-electron chi connectivity index (χ0n) is 26.9. The number of aromatic nitrogens is 4. The van der Waals surface area contributed by atoms with Crippen molar-refractivity contribution in [3.05, 3.63) is 86.2 Å². The number of piperazine rings is 1. The molecule has 0 unspecified atom stereocenters. The quantitative estimate of drug-likeness (QED) is 0.155. The molecule has 3 heterocycles. The number of hydrogen-bond donors (Lipinski definition) is 0. The number of benzene rings is 2. The molecule has 2 aromatic heterocycles. The van der Waals surface area contributed by atoms with Crippen LogP contribution in [0.15, 0.2) is 69.5 Å². The summed E-state index contributed by atoms with van der Waals surface area (Å²) in [4.78, 5) is 4.98. The molecule has 1 fully saturated rings. The summed E-state index contributed by atoms with van der Waals surface area (Å²) >= 11 is 0. The lowest BCUT2D eigenvalue weighted by atomic mass is 10.1. The highest BCUT2D eigenvalue weighted by atomic mass is 15.3. The lowest BCUT2D eigenvalue weighted by molar-refractivity contribution is -0.657. The molecule has 1 aliphatic rings. The first-order valence-electron chi connectivity index (χ1n) is 13.7. The third kappa shape index (κ3) is 6.42. The van der Waals surface area contributed by atoms with Crippen LogP contribution < -0.4 is 18.9 Å². The Kier molecular flexibility index (Phi) is 10.0. The van der Waals surface area contributed by atoms with Crippen molar-refractivity contribution in [3.63, 3.8) is 0 Å². The van der Waals surface area contributed by atoms with Crippen LogP contribution in [0.3, 0.4) is 0 Å². The standard InChI is InChI=1S/C30H40N10.2CH3/c1-21-19-27(23(3)17-25(21)31-33-29-35(5)9-10-36(29)6)39-13-15-40(16-14-39)28-20-22(2)26(18-24(28)4)32-34-30-37(7)11-12-38(30)8;;/h9-12,17-20H,13-16H2,1-8H3;2*1H3/q+2;2*-1. The molecule has 42 heavy (non-hydrogen) atoms. The van der Waals surface area contributed by atoms with Crippen LogP contribution in [0.1, 0.15) is 22.3 Å². The van der Waals surface area contributed by atoms with E-state index in [0.717, 1.165) is 60.6 Å². The smallest absolute Gasteiger partial charge is 0.368 e. The van der Waals surface area contributed by atoms with Gasteiger partial charge in [0.05, 0.1) is 53.0 Å². The van der Waals surface area contributed by atoms with Gasteiger partial charge in [0.25, 0.3) is 0 Å². The predicted molar refractivity (Wildman–Crippen MR) is 171 cm³/mol. The first-order valence-corrected chi connectivity index (χ1v) is 13.7. The number of rotatable bonds is 6. The molecule has 1 saturated heterocycles. The highest BCUT2D eigenvalue weighted by Gasteiger charge is 2.22. The third-order valence-corrected chi connectivity index (χ3v) is 7.77. The maximum atomic E-state index is 4.57. The molecule has 5 rings (SSSR count). The summed E-state index contributed by atoms with van der Waals surface area (Å²) in [5.74, 6) is 1.62. The zero-order chi connectivity index (χ0) is 28.6. The summed E-state index contributed by atoms with van der Waals surface area (Å²) in [5, 5.41) is 18.1. The van der Waals surface area contributed by atoms with Gasteiger partial charge in [-0.1, -0.05) is 10.2 Å². The van der Waals surface area contributed by atoms with E-state index >= 15 is 0 Å². The second-order valence-corrected chi connectivity index (χ2v) is 10.9. The molecule has 0 atom stereocenters. The van der Waals surface area contributed by atoms with Crippen molar-refractivity contribution in [2.75, 3.05) is 36.0 Å². The van der Waals surface area contributed by atoms with Crippen LogP contribution in [-0.4, -0.2) is 35.3 Å². The van der Waals surface area contributed by atoms with Crippen LogP contribution in [0.5, 0.6) is 0 Å². The van der Waals surface area contributed by atoms with Crippen LogP contribution >= 0.6 is 0 Å². The van der Waals surface area contributed by atoms with E-state index in [2.05, 4.69) is 82.2 Å². The predicted octanol–water partition coefficient (Wildman–Crippen LogP) is 6.30. The van der Waals surface area contributed by atoms with Gasteiger partial charge in [-0.05, 0) is 74.2 Å². The minimum absolute atomic E-state index is 0. The number of anilines is 2. The van der Waals surface area contributed by atoms with Crippen LogP contribution in [0.2, 0.25) is 0 Å². The maximum Gasteiger partial charge on any atom is 0.421 e. The maximum absolute atomic E-state index is 4.57. The molecule has 1 aliphatic heterocycles. The molecule has 0 bridgehead atoms. The molecule has 4 aromatic rings. The summed E-state index contributed by atoms with van der Waals surface area (Å²) in [6, 6.07) is 8.82. The SMILES string of the molecule is Cc1cc(N2CCN(c3cc(C)c(N=Nc4n(C)cc[n+]4C)cc3C)CC2)c(C)cc1N=Nc1n(C)cc[n+]1C.[CH3-].[CH3-]. The van der Waals surface area contributed by atoms with E-state index in [4.69, 9.17) is 0 Å². The molecule has 10 nitrogen and oxygen atoms in total.